The Morgan fingerprint density at radius 1 is 1.30 bits per heavy atom. The number of H-pyrrole nitrogens is 1. The molecule has 33 heavy (non-hydrogen) atoms. The van der Waals surface area contributed by atoms with Crippen LogP contribution in [0.15, 0.2) is 42.6 Å². The van der Waals surface area contributed by atoms with Crippen LogP contribution < -0.4 is 5.32 Å². The molecule has 1 aromatic carbocycles. The van der Waals surface area contributed by atoms with Gasteiger partial charge in [-0.25, -0.2) is 4.98 Å². The first-order valence-corrected chi connectivity index (χ1v) is 11.4. The van der Waals surface area contributed by atoms with Crippen LogP contribution in [0.3, 0.4) is 0 Å². The van der Waals surface area contributed by atoms with Gasteiger partial charge in [-0.15, -0.1) is 0 Å². The molecule has 0 saturated carbocycles. The molecule has 0 unspecified atom stereocenters. The van der Waals surface area contributed by atoms with Crippen molar-refractivity contribution < 1.29 is 14.6 Å². The lowest BCUT2D eigenvalue weighted by Crippen LogP contribution is -2.39. The monoisotopic (exact) mass is 444 g/mol. The summed E-state index contributed by atoms with van der Waals surface area (Å²) >= 11 is 0. The molecule has 3 atom stereocenters. The summed E-state index contributed by atoms with van der Waals surface area (Å²) in [6.07, 6.45) is 11.5. The van der Waals surface area contributed by atoms with E-state index in [4.69, 9.17) is 10.00 Å². The summed E-state index contributed by atoms with van der Waals surface area (Å²) in [6, 6.07) is 7.69. The molecule has 2 bridgehead atoms. The molecule has 2 aliphatic heterocycles. The lowest BCUT2D eigenvalue weighted by molar-refractivity contribution is -0.107. The molecule has 1 aliphatic carbocycles. The molecule has 1 aromatic heterocycles. The van der Waals surface area contributed by atoms with Gasteiger partial charge in [-0.05, 0) is 47.9 Å². The number of rotatable bonds is 4. The lowest BCUT2D eigenvalue weighted by atomic mass is 9.76. The molecule has 2 aromatic rings. The minimum Gasteiger partial charge on any atom is -0.385 e. The summed E-state index contributed by atoms with van der Waals surface area (Å²) in [5.74, 6) is -0.319. The highest BCUT2D eigenvalue weighted by molar-refractivity contribution is 6.03. The van der Waals surface area contributed by atoms with Gasteiger partial charge in [0.05, 0.1) is 17.8 Å². The van der Waals surface area contributed by atoms with Crippen LogP contribution in [0, 0.1) is 16.7 Å². The van der Waals surface area contributed by atoms with Crippen LogP contribution >= 0.6 is 0 Å². The van der Waals surface area contributed by atoms with E-state index in [9.17, 15) is 9.90 Å². The van der Waals surface area contributed by atoms with Crippen molar-refractivity contribution in [1.29, 1.82) is 5.26 Å². The van der Waals surface area contributed by atoms with Crippen molar-refractivity contribution >= 4 is 17.2 Å². The first kappa shape index (κ1) is 21.6. The number of aromatic amines is 1. The fourth-order valence-corrected chi connectivity index (χ4v) is 4.99. The Morgan fingerprint density at radius 2 is 2.06 bits per heavy atom. The number of aliphatic hydroxyl groups is 1. The summed E-state index contributed by atoms with van der Waals surface area (Å²) in [5, 5.41) is 23.5. The summed E-state index contributed by atoms with van der Waals surface area (Å²) in [4.78, 5) is 19.6. The molecule has 1 fully saturated rings. The Labute approximate surface area is 193 Å². The Hall–Kier alpha value is -3.21. The maximum atomic E-state index is 12.8. The first-order chi connectivity index (χ1) is 15.7. The van der Waals surface area contributed by atoms with E-state index < -0.39 is 11.5 Å². The Morgan fingerprint density at radius 3 is 2.70 bits per heavy atom. The minimum absolute atomic E-state index is 0.0699. The zero-order valence-corrected chi connectivity index (χ0v) is 18.9. The highest BCUT2D eigenvalue weighted by atomic mass is 16.5. The minimum atomic E-state index is -0.981. The predicted octanol–water partition coefficient (Wildman–Crippen LogP) is 4.43. The van der Waals surface area contributed by atoms with Crippen LogP contribution in [0.25, 0.3) is 5.57 Å². The normalized spacial score (nSPS) is 27.6. The fraction of sp³-hybridized carbons (Fsp3) is 0.423. The van der Waals surface area contributed by atoms with Gasteiger partial charge in [-0.3, -0.25) is 4.79 Å². The molecule has 1 saturated heterocycles. The van der Waals surface area contributed by atoms with E-state index in [0.29, 0.717) is 18.5 Å². The third kappa shape index (κ3) is 4.24. The van der Waals surface area contributed by atoms with Crippen molar-refractivity contribution in [3.05, 3.63) is 65.3 Å². The van der Waals surface area contributed by atoms with E-state index >= 15 is 0 Å². The van der Waals surface area contributed by atoms with Gasteiger partial charge in [0.25, 0.3) is 5.91 Å². The number of ether oxygens (including phenoxy) is 1. The van der Waals surface area contributed by atoms with Crippen LogP contribution in [0.2, 0.25) is 0 Å². The number of benzene rings is 1. The van der Waals surface area contributed by atoms with Gasteiger partial charge in [-0.2, -0.15) is 5.26 Å². The average Bonchev–Trinajstić information content (AvgIpc) is 3.40. The van der Waals surface area contributed by atoms with Gasteiger partial charge in [0, 0.05) is 30.3 Å². The third-order valence-corrected chi connectivity index (χ3v) is 7.00. The van der Waals surface area contributed by atoms with Crippen LogP contribution in [-0.2, 0) is 10.3 Å². The highest BCUT2D eigenvalue weighted by Gasteiger charge is 2.42. The number of amides is 1. The van der Waals surface area contributed by atoms with Crippen LogP contribution in [0.1, 0.15) is 73.4 Å². The number of nitrogens with zero attached hydrogens (tertiary/aromatic N) is 2. The highest BCUT2D eigenvalue weighted by Crippen LogP contribution is 2.44. The SMILES string of the molecule is CC1(C)CC=C(c2cc([C@@]3(O)C[C@H]4C=C[C@@H](C3)O4)ccc2NC(=O)c2nc(C#N)c[nH]2)CC1. The van der Waals surface area contributed by atoms with Crippen molar-refractivity contribution in [2.75, 3.05) is 5.32 Å². The van der Waals surface area contributed by atoms with Crippen molar-refractivity contribution in [3.63, 3.8) is 0 Å². The van der Waals surface area contributed by atoms with E-state index in [-0.39, 0.29) is 29.1 Å². The number of allylic oxidation sites excluding steroid dienone is 2. The molecule has 170 valence electrons. The number of hydrogen-bond acceptors (Lipinski definition) is 5. The van der Waals surface area contributed by atoms with E-state index in [2.05, 4.69) is 35.2 Å². The summed E-state index contributed by atoms with van der Waals surface area (Å²) in [5.41, 5.74) is 3.03. The zero-order chi connectivity index (χ0) is 23.2. The number of nitriles is 1. The van der Waals surface area contributed by atoms with Crippen LogP contribution in [-0.4, -0.2) is 33.2 Å². The van der Waals surface area contributed by atoms with E-state index in [1.807, 2.05) is 36.4 Å². The number of carbonyl (C=O) groups is 1. The van der Waals surface area contributed by atoms with Crippen molar-refractivity contribution in [1.82, 2.24) is 9.97 Å². The van der Waals surface area contributed by atoms with Crippen LogP contribution in [0.5, 0.6) is 0 Å². The number of carbonyl (C=O) groups excluding carboxylic acids is 1. The molecule has 7 heteroatoms. The Kier molecular flexibility index (Phi) is 5.23. The largest absolute Gasteiger partial charge is 0.385 e. The van der Waals surface area contributed by atoms with Gasteiger partial charge in [0.1, 0.15) is 6.07 Å². The van der Waals surface area contributed by atoms with E-state index in [0.717, 1.165) is 30.4 Å². The van der Waals surface area contributed by atoms with E-state index in [1.165, 1.54) is 11.8 Å². The molecule has 3 aliphatic rings. The molecule has 0 spiro atoms. The summed E-state index contributed by atoms with van der Waals surface area (Å²) < 4.78 is 5.85. The third-order valence-electron chi connectivity index (χ3n) is 7.00. The Bertz CT molecular complexity index is 1190. The maximum Gasteiger partial charge on any atom is 0.291 e. The standard InChI is InChI=1S/C26H28N4O3/c1-25(2)9-7-16(8-10-25)21-11-17(26(32)12-19-4-5-20(13-26)33-19)3-6-22(21)30-24(31)23-28-15-18(14-27)29-23/h3-7,11,15,19-20,32H,8-10,12-13H2,1-2H3,(H,28,29)(H,30,31)/t19-,20+,26-. The smallest absolute Gasteiger partial charge is 0.291 e. The predicted molar refractivity (Wildman–Crippen MR) is 124 cm³/mol. The van der Waals surface area contributed by atoms with Gasteiger partial charge in [0.15, 0.2) is 11.5 Å². The molecule has 7 nitrogen and oxygen atoms in total. The van der Waals surface area contributed by atoms with Crippen LogP contribution in [0.4, 0.5) is 5.69 Å². The van der Waals surface area contributed by atoms with Crippen molar-refractivity contribution in [2.45, 2.75) is 63.8 Å². The second kappa shape index (κ2) is 7.98. The van der Waals surface area contributed by atoms with Gasteiger partial charge in [-0.1, -0.05) is 38.1 Å². The number of nitrogens with one attached hydrogen (secondary N) is 2. The number of hydrogen-bond donors (Lipinski definition) is 3. The molecule has 3 heterocycles. The fourth-order valence-electron chi connectivity index (χ4n) is 4.99. The van der Waals surface area contributed by atoms with Gasteiger partial charge < -0.3 is 20.1 Å². The molecule has 5 rings (SSSR count). The van der Waals surface area contributed by atoms with Crippen molar-refractivity contribution in [3.8, 4) is 6.07 Å². The molecular formula is C26H28N4O3. The molecule has 1 amide bonds. The maximum absolute atomic E-state index is 12.8. The average molecular weight is 445 g/mol. The van der Waals surface area contributed by atoms with Crippen molar-refractivity contribution in [2.24, 2.45) is 5.41 Å². The van der Waals surface area contributed by atoms with Gasteiger partial charge >= 0.3 is 0 Å². The lowest BCUT2D eigenvalue weighted by Gasteiger charge is -2.37. The second-order valence-electron chi connectivity index (χ2n) is 10.1. The summed E-state index contributed by atoms with van der Waals surface area (Å²) in [6.45, 7) is 4.52. The molecule has 3 N–H and O–H groups in total. The number of anilines is 1. The quantitative estimate of drug-likeness (QED) is 0.604. The second-order valence-corrected chi connectivity index (χ2v) is 10.1. The Balaban J connectivity index is 1.49. The number of imidazole rings is 1. The van der Waals surface area contributed by atoms with E-state index in [1.54, 1.807) is 0 Å². The molecule has 0 radical (unpaired) electrons. The zero-order valence-electron chi connectivity index (χ0n) is 18.9. The molecular weight excluding hydrogens is 416 g/mol. The summed E-state index contributed by atoms with van der Waals surface area (Å²) in [7, 11) is 0. The first-order valence-electron chi connectivity index (χ1n) is 11.4. The number of fused-ring (bicyclic) bond motifs is 2. The van der Waals surface area contributed by atoms with Gasteiger partial charge in [0.2, 0.25) is 0 Å². The topological polar surface area (TPSA) is 111 Å². The number of aromatic nitrogens is 2.